The van der Waals surface area contributed by atoms with Crippen LogP contribution in [0.15, 0.2) is 18.2 Å². The van der Waals surface area contributed by atoms with E-state index in [0.29, 0.717) is 0 Å². The van der Waals surface area contributed by atoms with Crippen molar-refractivity contribution >= 4 is 17.6 Å². The second-order valence-corrected chi connectivity index (χ2v) is 5.08. The van der Waals surface area contributed by atoms with Crippen molar-refractivity contribution in [2.24, 2.45) is 0 Å². The molecule has 5 nitrogen and oxygen atoms in total. The molecule has 0 spiro atoms. The lowest BCUT2D eigenvalue weighted by Crippen LogP contribution is -2.42. The summed E-state index contributed by atoms with van der Waals surface area (Å²) in [6.07, 6.45) is 0. The van der Waals surface area contributed by atoms with E-state index in [1.807, 2.05) is 0 Å². The quantitative estimate of drug-likeness (QED) is 0.655. The lowest BCUT2D eigenvalue weighted by atomic mass is 10.2. The van der Waals surface area contributed by atoms with Crippen molar-refractivity contribution in [3.8, 4) is 0 Å². The van der Waals surface area contributed by atoms with Gasteiger partial charge in [-0.3, -0.25) is 0 Å². The molecule has 1 aromatic carbocycles. The molecule has 0 aromatic heterocycles. The summed E-state index contributed by atoms with van der Waals surface area (Å²) in [5.41, 5.74) is -0.900. The molecule has 1 rings (SSSR count). The van der Waals surface area contributed by atoms with Crippen molar-refractivity contribution in [1.29, 1.82) is 0 Å². The van der Waals surface area contributed by atoms with E-state index < -0.39 is 35.2 Å². The molecule has 2 N–H and O–H groups in total. The molecule has 0 fully saturated rings. The summed E-state index contributed by atoms with van der Waals surface area (Å²) in [7, 11) is 0. The Kier molecular flexibility index (Phi) is 4.65. The summed E-state index contributed by atoms with van der Waals surface area (Å²) in [5.74, 6) is -4.72. The smallest absolute Gasteiger partial charge is 0.340 e. The molecule has 1 unspecified atom stereocenters. The van der Waals surface area contributed by atoms with E-state index in [2.05, 4.69) is 5.32 Å². The Morgan fingerprint density at radius 1 is 1.25 bits per heavy atom. The first kappa shape index (κ1) is 15.9. The van der Waals surface area contributed by atoms with Crippen LogP contribution in [0.25, 0.3) is 0 Å². The minimum atomic E-state index is -1.71. The van der Waals surface area contributed by atoms with Crippen LogP contribution in [-0.2, 0) is 14.3 Å². The molecule has 110 valence electrons. The van der Waals surface area contributed by atoms with Gasteiger partial charge in [-0.1, -0.05) is 0 Å². The SMILES string of the molecule is CC(C)(C)OC(=O)C(Nc1ccc(F)c(F)c1)C(=O)O. The number of benzene rings is 1. The monoisotopic (exact) mass is 287 g/mol. The molecule has 7 heteroatoms. The number of hydrogen-bond acceptors (Lipinski definition) is 4. The predicted octanol–water partition coefficient (Wildman–Crippen LogP) is 2.17. The molecule has 0 aliphatic carbocycles. The zero-order chi connectivity index (χ0) is 15.5. The van der Waals surface area contributed by atoms with Crippen molar-refractivity contribution < 1.29 is 28.2 Å². The highest BCUT2D eigenvalue weighted by molar-refractivity contribution is 6.01. The highest BCUT2D eigenvalue weighted by atomic mass is 19.2. The molecule has 0 saturated carbocycles. The van der Waals surface area contributed by atoms with Gasteiger partial charge < -0.3 is 15.2 Å². The molecular formula is C13H15F2NO4. The van der Waals surface area contributed by atoms with Crippen LogP contribution in [0.5, 0.6) is 0 Å². The summed E-state index contributed by atoms with van der Waals surface area (Å²) in [6.45, 7) is 4.75. The van der Waals surface area contributed by atoms with Gasteiger partial charge in [-0.25, -0.2) is 18.4 Å². The Labute approximate surface area is 114 Å². The van der Waals surface area contributed by atoms with E-state index in [1.54, 1.807) is 20.8 Å². The van der Waals surface area contributed by atoms with Gasteiger partial charge in [0, 0.05) is 11.8 Å². The van der Waals surface area contributed by atoms with Crippen LogP contribution in [0.4, 0.5) is 14.5 Å². The maximum atomic E-state index is 13.0. The number of aliphatic carboxylic acids is 1. The number of carbonyl (C=O) groups is 2. The van der Waals surface area contributed by atoms with Crippen LogP contribution in [0.3, 0.4) is 0 Å². The summed E-state index contributed by atoms with van der Waals surface area (Å²) in [5, 5.41) is 11.3. The molecule has 0 radical (unpaired) electrons. The van der Waals surface area contributed by atoms with Crippen LogP contribution < -0.4 is 5.32 Å². The molecule has 0 aliphatic heterocycles. The zero-order valence-electron chi connectivity index (χ0n) is 11.2. The van der Waals surface area contributed by atoms with E-state index in [-0.39, 0.29) is 5.69 Å². The van der Waals surface area contributed by atoms with E-state index in [1.165, 1.54) is 0 Å². The van der Waals surface area contributed by atoms with Gasteiger partial charge in [-0.05, 0) is 32.9 Å². The third kappa shape index (κ3) is 4.49. The van der Waals surface area contributed by atoms with Crippen molar-refractivity contribution in [2.45, 2.75) is 32.4 Å². The topological polar surface area (TPSA) is 75.6 Å². The fourth-order valence-corrected chi connectivity index (χ4v) is 1.33. The number of rotatable bonds is 4. The Morgan fingerprint density at radius 2 is 1.85 bits per heavy atom. The average molecular weight is 287 g/mol. The van der Waals surface area contributed by atoms with Crippen molar-refractivity contribution in [2.75, 3.05) is 5.32 Å². The number of hydrogen-bond donors (Lipinski definition) is 2. The van der Waals surface area contributed by atoms with Crippen LogP contribution in [-0.4, -0.2) is 28.7 Å². The maximum absolute atomic E-state index is 13.0. The number of esters is 1. The number of carboxylic acids is 1. The fraction of sp³-hybridized carbons (Fsp3) is 0.385. The predicted molar refractivity (Wildman–Crippen MR) is 67.2 cm³/mol. The lowest BCUT2D eigenvalue weighted by Gasteiger charge is -2.23. The van der Waals surface area contributed by atoms with E-state index in [0.717, 1.165) is 18.2 Å². The highest BCUT2D eigenvalue weighted by Gasteiger charge is 2.31. The first-order valence-electron chi connectivity index (χ1n) is 5.77. The summed E-state index contributed by atoms with van der Waals surface area (Å²) < 4.78 is 30.7. The molecule has 0 heterocycles. The van der Waals surface area contributed by atoms with Gasteiger partial charge in [0.05, 0.1) is 0 Å². The number of anilines is 1. The minimum absolute atomic E-state index is 0.0397. The van der Waals surface area contributed by atoms with E-state index in [4.69, 9.17) is 9.84 Å². The maximum Gasteiger partial charge on any atom is 0.340 e. The van der Waals surface area contributed by atoms with Gasteiger partial charge >= 0.3 is 11.9 Å². The number of nitrogens with one attached hydrogen (secondary N) is 1. The number of carbonyl (C=O) groups excluding carboxylic acids is 1. The number of carboxylic acid groups (broad SMARTS) is 1. The third-order valence-corrected chi connectivity index (χ3v) is 2.12. The van der Waals surface area contributed by atoms with E-state index in [9.17, 15) is 18.4 Å². The molecule has 1 aromatic rings. The van der Waals surface area contributed by atoms with Gasteiger partial charge in [0.1, 0.15) is 5.60 Å². The van der Waals surface area contributed by atoms with Crippen LogP contribution in [0, 0.1) is 11.6 Å². The lowest BCUT2D eigenvalue weighted by molar-refractivity contribution is -0.160. The zero-order valence-corrected chi connectivity index (χ0v) is 11.2. The Morgan fingerprint density at radius 3 is 2.30 bits per heavy atom. The second-order valence-electron chi connectivity index (χ2n) is 5.08. The van der Waals surface area contributed by atoms with Crippen molar-refractivity contribution in [1.82, 2.24) is 0 Å². The first-order chi connectivity index (χ1) is 9.10. The van der Waals surface area contributed by atoms with Gasteiger partial charge in [0.25, 0.3) is 0 Å². The largest absolute Gasteiger partial charge is 0.479 e. The van der Waals surface area contributed by atoms with E-state index >= 15 is 0 Å². The molecule has 0 saturated heterocycles. The first-order valence-corrected chi connectivity index (χ1v) is 5.77. The van der Waals surface area contributed by atoms with Crippen LogP contribution >= 0.6 is 0 Å². The average Bonchev–Trinajstić information content (AvgIpc) is 2.27. The fourth-order valence-electron chi connectivity index (χ4n) is 1.33. The van der Waals surface area contributed by atoms with Crippen LogP contribution in [0.2, 0.25) is 0 Å². The van der Waals surface area contributed by atoms with Gasteiger partial charge in [-0.2, -0.15) is 0 Å². The highest BCUT2D eigenvalue weighted by Crippen LogP contribution is 2.16. The van der Waals surface area contributed by atoms with Gasteiger partial charge in [0.2, 0.25) is 6.04 Å². The normalized spacial score (nSPS) is 12.7. The van der Waals surface area contributed by atoms with Crippen molar-refractivity contribution in [3.05, 3.63) is 29.8 Å². The Balaban J connectivity index is 2.90. The third-order valence-electron chi connectivity index (χ3n) is 2.12. The van der Waals surface area contributed by atoms with Gasteiger partial charge in [-0.15, -0.1) is 0 Å². The molecule has 0 bridgehead atoms. The molecule has 20 heavy (non-hydrogen) atoms. The van der Waals surface area contributed by atoms with Gasteiger partial charge in [0.15, 0.2) is 11.6 Å². The summed E-state index contributed by atoms with van der Waals surface area (Å²) in [6, 6.07) is 0.999. The minimum Gasteiger partial charge on any atom is -0.479 e. The summed E-state index contributed by atoms with van der Waals surface area (Å²) in [4.78, 5) is 22.8. The number of halogens is 2. The molecule has 1 atom stereocenters. The second kappa shape index (κ2) is 5.85. The standard InChI is InChI=1S/C13H15F2NO4/c1-13(2,3)20-12(19)10(11(17)18)16-7-4-5-8(14)9(15)6-7/h4-6,10,16H,1-3H3,(H,17,18). The molecule has 0 amide bonds. The number of ether oxygens (including phenoxy) is 1. The molecular weight excluding hydrogens is 272 g/mol. The molecule has 0 aliphatic rings. The van der Waals surface area contributed by atoms with Crippen LogP contribution in [0.1, 0.15) is 20.8 Å². The summed E-state index contributed by atoms with van der Waals surface area (Å²) >= 11 is 0. The van der Waals surface area contributed by atoms with Crippen molar-refractivity contribution in [3.63, 3.8) is 0 Å². The Bertz CT molecular complexity index is 526. The Hall–Kier alpha value is -2.18.